The molecule has 0 unspecified atom stereocenters. The van der Waals surface area contributed by atoms with Crippen LogP contribution in [0.2, 0.25) is 0 Å². The molecule has 0 aliphatic carbocycles. The van der Waals surface area contributed by atoms with Crippen molar-refractivity contribution < 1.29 is 27.7 Å². The molecule has 0 saturated carbocycles. The molecule has 0 aliphatic heterocycles. The van der Waals surface area contributed by atoms with Crippen molar-refractivity contribution in [2.45, 2.75) is 6.18 Å². The fraction of sp³-hybridized carbons (Fsp3) is 0.118. The third-order valence-electron chi connectivity index (χ3n) is 3.34. The van der Waals surface area contributed by atoms with Crippen molar-refractivity contribution in [1.82, 2.24) is 10.7 Å². The lowest BCUT2D eigenvalue weighted by molar-refractivity contribution is -0.384. The monoisotopic (exact) mass is 409 g/mol. The fourth-order valence-electron chi connectivity index (χ4n) is 2.05. The number of carbonyl (C=O) groups excluding carboxylic acids is 2. The maximum atomic E-state index is 12.6. The number of carbonyl (C=O) groups is 2. The largest absolute Gasteiger partial charge is 0.416 e. The van der Waals surface area contributed by atoms with E-state index < -0.39 is 35.1 Å². The van der Waals surface area contributed by atoms with Gasteiger partial charge in [0.2, 0.25) is 0 Å². The molecular weight excluding hydrogens is 395 g/mol. The molecule has 29 heavy (non-hydrogen) atoms. The average molecular weight is 409 g/mol. The van der Waals surface area contributed by atoms with E-state index in [-0.39, 0.29) is 11.4 Å². The van der Waals surface area contributed by atoms with Gasteiger partial charge in [-0.25, -0.2) is 10.2 Å². The van der Waals surface area contributed by atoms with Crippen LogP contribution in [0.1, 0.15) is 11.1 Å². The second-order valence-corrected chi connectivity index (χ2v) is 5.53. The molecule has 152 valence electrons. The van der Waals surface area contributed by atoms with Gasteiger partial charge in [0.15, 0.2) is 0 Å². The number of halogens is 3. The molecule has 0 spiro atoms. The predicted octanol–water partition coefficient (Wildman–Crippen LogP) is 2.89. The summed E-state index contributed by atoms with van der Waals surface area (Å²) in [6.07, 6.45) is -3.38. The number of alkyl halides is 3. The van der Waals surface area contributed by atoms with E-state index in [0.29, 0.717) is 5.56 Å². The SMILES string of the molecule is O=C(CNC(=O)Nc1cccc(C(F)(F)F)c1)NN=Cc1cccc([N+](=O)[O-])c1. The summed E-state index contributed by atoms with van der Waals surface area (Å²) in [6, 6.07) is 8.64. The first-order valence-electron chi connectivity index (χ1n) is 7.93. The minimum Gasteiger partial charge on any atom is -0.329 e. The van der Waals surface area contributed by atoms with E-state index in [1.54, 1.807) is 0 Å². The number of anilines is 1. The summed E-state index contributed by atoms with van der Waals surface area (Å²) in [4.78, 5) is 33.4. The Labute approximate surface area is 161 Å². The van der Waals surface area contributed by atoms with Gasteiger partial charge in [0, 0.05) is 23.4 Å². The van der Waals surface area contributed by atoms with Crippen LogP contribution in [0.25, 0.3) is 0 Å². The van der Waals surface area contributed by atoms with Crippen LogP contribution >= 0.6 is 0 Å². The first-order valence-corrected chi connectivity index (χ1v) is 7.93. The Bertz CT molecular complexity index is 947. The number of nitrogens with one attached hydrogen (secondary N) is 3. The summed E-state index contributed by atoms with van der Waals surface area (Å²) < 4.78 is 37.9. The number of rotatable bonds is 6. The summed E-state index contributed by atoms with van der Waals surface area (Å²) in [6.45, 7) is -0.503. The summed E-state index contributed by atoms with van der Waals surface area (Å²) >= 11 is 0. The maximum Gasteiger partial charge on any atom is 0.416 e. The highest BCUT2D eigenvalue weighted by molar-refractivity contribution is 5.92. The number of non-ortho nitro benzene ring substituents is 1. The van der Waals surface area contributed by atoms with Crippen LogP contribution in [0.5, 0.6) is 0 Å². The van der Waals surface area contributed by atoms with E-state index in [1.807, 2.05) is 0 Å². The number of benzene rings is 2. The maximum absolute atomic E-state index is 12.6. The van der Waals surface area contributed by atoms with Crippen molar-refractivity contribution in [1.29, 1.82) is 0 Å². The number of nitro benzene ring substituents is 1. The van der Waals surface area contributed by atoms with Gasteiger partial charge in [-0.3, -0.25) is 14.9 Å². The number of amides is 3. The standard InChI is InChI=1S/C17H14F3N5O4/c18-17(19,20)12-4-2-5-13(8-12)23-16(27)21-10-15(26)24-22-9-11-3-1-6-14(7-11)25(28)29/h1-9H,10H2,(H,24,26)(H2,21,23,27). The zero-order chi connectivity index (χ0) is 21.4. The molecular formula is C17H14F3N5O4. The number of nitrogens with zero attached hydrogens (tertiary/aromatic N) is 2. The number of nitro groups is 1. The highest BCUT2D eigenvalue weighted by Crippen LogP contribution is 2.30. The first kappa shape index (κ1) is 21.3. The van der Waals surface area contributed by atoms with Gasteiger partial charge in [0.05, 0.1) is 16.7 Å². The third-order valence-corrected chi connectivity index (χ3v) is 3.34. The van der Waals surface area contributed by atoms with Crippen LogP contribution < -0.4 is 16.1 Å². The van der Waals surface area contributed by atoms with Gasteiger partial charge in [-0.1, -0.05) is 18.2 Å². The highest BCUT2D eigenvalue weighted by atomic mass is 19.4. The number of hydrogen-bond acceptors (Lipinski definition) is 5. The van der Waals surface area contributed by atoms with Crippen LogP contribution in [-0.4, -0.2) is 29.6 Å². The Morgan fingerprint density at radius 1 is 1.14 bits per heavy atom. The van der Waals surface area contributed by atoms with Crippen LogP contribution in [0.4, 0.5) is 29.3 Å². The summed E-state index contributed by atoms with van der Waals surface area (Å²) in [5, 5.41) is 18.6. The fourth-order valence-corrected chi connectivity index (χ4v) is 2.05. The Hall–Kier alpha value is -3.96. The number of urea groups is 1. The molecule has 0 bridgehead atoms. The second-order valence-electron chi connectivity index (χ2n) is 5.53. The van der Waals surface area contributed by atoms with Crippen molar-refractivity contribution in [3.63, 3.8) is 0 Å². The number of hydrazone groups is 1. The van der Waals surface area contributed by atoms with Crippen molar-refractivity contribution in [3.8, 4) is 0 Å². The Morgan fingerprint density at radius 2 is 1.86 bits per heavy atom. The van der Waals surface area contributed by atoms with Crippen LogP contribution in [0, 0.1) is 10.1 Å². The summed E-state index contributed by atoms with van der Waals surface area (Å²) in [5.74, 6) is -0.717. The zero-order valence-electron chi connectivity index (χ0n) is 14.6. The van der Waals surface area contributed by atoms with Gasteiger partial charge in [0.1, 0.15) is 6.54 Å². The van der Waals surface area contributed by atoms with Crippen molar-refractivity contribution >= 4 is 29.5 Å². The molecule has 0 aromatic heterocycles. The molecule has 2 aromatic carbocycles. The average Bonchev–Trinajstić information content (AvgIpc) is 2.66. The van der Waals surface area contributed by atoms with E-state index in [2.05, 4.69) is 21.2 Å². The van der Waals surface area contributed by atoms with Gasteiger partial charge < -0.3 is 10.6 Å². The molecule has 12 heteroatoms. The molecule has 0 heterocycles. The molecule has 2 aromatic rings. The number of hydrogen-bond donors (Lipinski definition) is 3. The lowest BCUT2D eigenvalue weighted by Gasteiger charge is -2.10. The predicted molar refractivity (Wildman–Crippen MR) is 97.3 cm³/mol. The van der Waals surface area contributed by atoms with Crippen LogP contribution in [0.15, 0.2) is 53.6 Å². The Kier molecular flexibility index (Phi) is 6.85. The van der Waals surface area contributed by atoms with Gasteiger partial charge >= 0.3 is 12.2 Å². The molecule has 0 atom stereocenters. The molecule has 0 saturated heterocycles. The molecule has 3 N–H and O–H groups in total. The minimum atomic E-state index is -4.55. The molecule has 3 amide bonds. The smallest absolute Gasteiger partial charge is 0.329 e. The normalized spacial score (nSPS) is 11.1. The topological polar surface area (TPSA) is 126 Å². The molecule has 9 nitrogen and oxygen atoms in total. The van der Waals surface area contributed by atoms with Crippen LogP contribution in [-0.2, 0) is 11.0 Å². The first-order chi connectivity index (χ1) is 13.6. The molecule has 0 aliphatic rings. The quantitative estimate of drug-likeness (QED) is 0.385. The van der Waals surface area contributed by atoms with E-state index in [9.17, 15) is 32.9 Å². The van der Waals surface area contributed by atoms with Crippen LogP contribution in [0.3, 0.4) is 0 Å². The van der Waals surface area contributed by atoms with Crippen molar-refractivity contribution in [3.05, 3.63) is 69.8 Å². The molecule has 2 rings (SSSR count). The Balaban J connectivity index is 1.81. The molecule has 0 fully saturated rings. The summed E-state index contributed by atoms with van der Waals surface area (Å²) in [5.41, 5.74) is 1.30. The van der Waals surface area contributed by atoms with Gasteiger partial charge in [-0.2, -0.15) is 18.3 Å². The van der Waals surface area contributed by atoms with E-state index >= 15 is 0 Å². The highest BCUT2D eigenvalue weighted by Gasteiger charge is 2.30. The van der Waals surface area contributed by atoms with E-state index in [0.717, 1.165) is 18.2 Å². The van der Waals surface area contributed by atoms with Gasteiger partial charge in [-0.15, -0.1) is 0 Å². The second kappa shape index (κ2) is 9.30. The third kappa shape index (κ3) is 6.93. The van der Waals surface area contributed by atoms with Crippen molar-refractivity contribution in [2.75, 3.05) is 11.9 Å². The van der Waals surface area contributed by atoms with Gasteiger partial charge in [-0.05, 0) is 18.2 Å². The minimum absolute atomic E-state index is 0.0959. The van der Waals surface area contributed by atoms with Crippen molar-refractivity contribution in [2.24, 2.45) is 5.10 Å². The van der Waals surface area contributed by atoms with E-state index in [4.69, 9.17) is 0 Å². The lowest BCUT2D eigenvalue weighted by atomic mass is 10.2. The van der Waals surface area contributed by atoms with Gasteiger partial charge in [0.25, 0.3) is 11.6 Å². The lowest BCUT2D eigenvalue weighted by Crippen LogP contribution is -2.37. The summed E-state index contributed by atoms with van der Waals surface area (Å²) in [7, 11) is 0. The van der Waals surface area contributed by atoms with E-state index in [1.165, 1.54) is 36.5 Å². The zero-order valence-corrected chi connectivity index (χ0v) is 14.6. The Morgan fingerprint density at radius 3 is 2.55 bits per heavy atom. The molecule has 0 radical (unpaired) electrons.